The van der Waals surface area contributed by atoms with Gasteiger partial charge in [-0.2, -0.15) is 0 Å². The second kappa shape index (κ2) is 3.01. The van der Waals surface area contributed by atoms with E-state index in [-0.39, 0.29) is 5.82 Å². The highest BCUT2D eigenvalue weighted by atomic mass is 79.9. The van der Waals surface area contributed by atoms with E-state index < -0.39 is 0 Å². The van der Waals surface area contributed by atoms with E-state index in [1.165, 1.54) is 6.07 Å². The summed E-state index contributed by atoms with van der Waals surface area (Å²) in [6, 6.07) is 4.85. The van der Waals surface area contributed by atoms with E-state index in [1.807, 2.05) is 0 Å². The van der Waals surface area contributed by atoms with E-state index in [9.17, 15) is 4.39 Å². The molecule has 0 saturated carbocycles. The first kappa shape index (κ1) is 7.54. The first-order chi connectivity index (χ1) is 4.75. The SMILES string of the molecule is CNc1c(F)cccc1Br. The maximum atomic E-state index is 12.8. The highest BCUT2D eigenvalue weighted by molar-refractivity contribution is 9.10. The minimum Gasteiger partial charge on any atom is -0.385 e. The Morgan fingerprint density at radius 2 is 2.20 bits per heavy atom. The molecule has 0 fully saturated rings. The summed E-state index contributed by atoms with van der Waals surface area (Å²) >= 11 is 3.20. The lowest BCUT2D eigenvalue weighted by atomic mass is 10.3. The Hall–Kier alpha value is -0.570. The lowest BCUT2D eigenvalue weighted by molar-refractivity contribution is 0.630. The number of benzene rings is 1. The van der Waals surface area contributed by atoms with Gasteiger partial charge in [0.2, 0.25) is 0 Å². The molecule has 3 heteroatoms. The van der Waals surface area contributed by atoms with Crippen molar-refractivity contribution in [3.63, 3.8) is 0 Å². The van der Waals surface area contributed by atoms with Crippen molar-refractivity contribution in [1.82, 2.24) is 0 Å². The minimum absolute atomic E-state index is 0.239. The number of para-hydroxylation sites is 1. The second-order valence-electron chi connectivity index (χ2n) is 1.85. The molecule has 54 valence electrons. The molecule has 0 aromatic heterocycles. The highest BCUT2D eigenvalue weighted by Gasteiger charge is 2.01. The minimum atomic E-state index is -0.239. The van der Waals surface area contributed by atoms with Crippen LogP contribution in [-0.4, -0.2) is 7.05 Å². The van der Waals surface area contributed by atoms with Crippen LogP contribution in [0.3, 0.4) is 0 Å². The second-order valence-corrected chi connectivity index (χ2v) is 2.70. The van der Waals surface area contributed by atoms with Gasteiger partial charge in [-0.3, -0.25) is 0 Å². The molecule has 0 aliphatic carbocycles. The van der Waals surface area contributed by atoms with Crippen molar-refractivity contribution in [1.29, 1.82) is 0 Å². The van der Waals surface area contributed by atoms with Gasteiger partial charge in [0.15, 0.2) is 0 Å². The zero-order chi connectivity index (χ0) is 7.56. The number of hydrogen-bond acceptors (Lipinski definition) is 1. The smallest absolute Gasteiger partial charge is 0.147 e. The fourth-order valence-electron chi connectivity index (χ4n) is 0.737. The standard InChI is InChI=1S/C7H7BrFN/c1-10-7-5(8)3-2-4-6(7)9/h2-4,10H,1H3. The zero-order valence-corrected chi connectivity index (χ0v) is 7.07. The van der Waals surface area contributed by atoms with Gasteiger partial charge in [-0.25, -0.2) is 4.39 Å². The molecular weight excluding hydrogens is 197 g/mol. The molecule has 1 aromatic carbocycles. The molecule has 0 amide bonds. The van der Waals surface area contributed by atoms with Crippen molar-refractivity contribution in [3.05, 3.63) is 28.5 Å². The molecule has 0 unspecified atom stereocenters. The lowest BCUT2D eigenvalue weighted by Crippen LogP contribution is -1.92. The molecule has 1 rings (SSSR count). The summed E-state index contributed by atoms with van der Waals surface area (Å²) in [7, 11) is 1.68. The predicted octanol–water partition coefficient (Wildman–Crippen LogP) is 2.63. The molecule has 0 aliphatic heterocycles. The number of nitrogens with one attached hydrogen (secondary N) is 1. The Morgan fingerprint density at radius 3 is 2.60 bits per heavy atom. The summed E-state index contributed by atoms with van der Waals surface area (Å²) in [6.07, 6.45) is 0. The summed E-state index contributed by atoms with van der Waals surface area (Å²) in [6.45, 7) is 0. The van der Waals surface area contributed by atoms with Gasteiger partial charge >= 0.3 is 0 Å². The molecule has 0 saturated heterocycles. The van der Waals surface area contributed by atoms with E-state index in [2.05, 4.69) is 21.2 Å². The van der Waals surface area contributed by atoms with Gasteiger partial charge in [0.25, 0.3) is 0 Å². The number of halogens is 2. The summed E-state index contributed by atoms with van der Waals surface area (Å²) < 4.78 is 13.5. The Kier molecular flexibility index (Phi) is 2.27. The Bertz CT molecular complexity index is 217. The summed E-state index contributed by atoms with van der Waals surface area (Å²) in [5.74, 6) is -0.239. The molecule has 0 atom stereocenters. The van der Waals surface area contributed by atoms with Crippen LogP contribution >= 0.6 is 15.9 Å². The van der Waals surface area contributed by atoms with Crippen molar-refractivity contribution in [3.8, 4) is 0 Å². The Balaban J connectivity index is 3.17. The van der Waals surface area contributed by atoms with E-state index in [0.717, 1.165) is 4.47 Å². The van der Waals surface area contributed by atoms with Crippen molar-refractivity contribution < 1.29 is 4.39 Å². The van der Waals surface area contributed by atoms with Crippen LogP contribution in [0.25, 0.3) is 0 Å². The maximum Gasteiger partial charge on any atom is 0.147 e. The molecule has 1 aromatic rings. The van der Waals surface area contributed by atoms with Crippen LogP contribution in [0.15, 0.2) is 22.7 Å². The van der Waals surface area contributed by atoms with Crippen LogP contribution in [-0.2, 0) is 0 Å². The van der Waals surface area contributed by atoms with Gasteiger partial charge in [0.05, 0.1) is 5.69 Å². The molecule has 0 heterocycles. The monoisotopic (exact) mass is 203 g/mol. The summed E-state index contributed by atoms with van der Waals surface area (Å²) in [5, 5.41) is 2.74. The van der Waals surface area contributed by atoms with Gasteiger partial charge in [0, 0.05) is 11.5 Å². The molecule has 0 aliphatic rings. The highest BCUT2D eigenvalue weighted by Crippen LogP contribution is 2.23. The van der Waals surface area contributed by atoms with Crippen LogP contribution in [0.4, 0.5) is 10.1 Å². The largest absolute Gasteiger partial charge is 0.385 e. The molecule has 0 radical (unpaired) electrons. The van der Waals surface area contributed by atoms with Gasteiger partial charge in [-0.1, -0.05) is 6.07 Å². The quantitative estimate of drug-likeness (QED) is 0.741. The van der Waals surface area contributed by atoms with E-state index in [0.29, 0.717) is 5.69 Å². The Morgan fingerprint density at radius 1 is 1.50 bits per heavy atom. The van der Waals surface area contributed by atoms with Crippen molar-refractivity contribution >= 4 is 21.6 Å². The molecule has 1 N–H and O–H groups in total. The van der Waals surface area contributed by atoms with Crippen molar-refractivity contribution in [2.24, 2.45) is 0 Å². The molecule has 1 nitrogen and oxygen atoms in total. The fraction of sp³-hybridized carbons (Fsp3) is 0.143. The third-order valence-electron chi connectivity index (χ3n) is 1.21. The third kappa shape index (κ3) is 1.29. The lowest BCUT2D eigenvalue weighted by Gasteiger charge is -2.02. The normalized spacial score (nSPS) is 9.50. The van der Waals surface area contributed by atoms with Crippen LogP contribution in [0.5, 0.6) is 0 Å². The average molecular weight is 204 g/mol. The Labute approximate surface area is 67.4 Å². The van der Waals surface area contributed by atoms with Gasteiger partial charge < -0.3 is 5.32 Å². The first-order valence-electron chi connectivity index (χ1n) is 2.87. The topological polar surface area (TPSA) is 12.0 Å². The maximum absolute atomic E-state index is 12.8. The van der Waals surface area contributed by atoms with E-state index >= 15 is 0 Å². The van der Waals surface area contributed by atoms with Crippen LogP contribution in [0.2, 0.25) is 0 Å². The summed E-state index contributed by atoms with van der Waals surface area (Å²) in [5.41, 5.74) is 0.502. The molecule has 10 heavy (non-hydrogen) atoms. The molecular formula is C7H7BrFN. The van der Waals surface area contributed by atoms with E-state index in [4.69, 9.17) is 0 Å². The predicted molar refractivity (Wildman–Crippen MR) is 43.6 cm³/mol. The van der Waals surface area contributed by atoms with Gasteiger partial charge in [-0.05, 0) is 28.1 Å². The number of hydrogen-bond donors (Lipinski definition) is 1. The zero-order valence-electron chi connectivity index (χ0n) is 5.49. The number of anilines is 1. The van der Waals surface area contributed by atoms with Crippen LogP contribution in [0, 0.1) is 5.82 Å². The van der Waals surface area contributed by atoms with Crippen LogP contribution < -0.4 is 5.32 Å². The van der Waals surface area contributed by atoms with Crippen LogP contribution in [0.1, 0.15) is 0 Å². The first-order valence-corrected chi connectivity index (χ1v) is 3.66. The fourth-order valence-corrected chi connectivity index (χ4v) is 1.28. The van der Waals surface area contributed by atoms with Gasteiger partial charge in [0.1, 0.15) is 5.82 Å². The van der Waals surface area contributed by atoms with Gasteiger partial charge in [-0.15, -0.1) is 0 Å². The van der Waals surface area contributed by atoms with Crippen molar-refractivity contribution in [2.45, 2.75) is 0 Å². The van der Waals surface area contributed by atoms with Crippen molar-refractivity contribution in [2.75, 3.05) is 12.4 Å². The number of rotatable bonds is 1. The average Bonchev–Trinajstić information content (AvgIpc) is 1.88. The summed E-state index contributed by atoms with van der Waals surface area (Å²) in [4.78, 5) is 0. The molecule has 0 bridgehead atoms. The van der Waals surface area contributed by atoms with E-state index in [1.54, 1.807) is 19.2 Å². The third-order valence-corrected chi connectivity index (χ3v) is 1.87. The molecule has 0 spiro atoms.